The van der Waals surface area contributed by atoms with E-state index in [2.05, 4.69) is 19.2 Å². The summed E-state index contributed by atoms with van der Waals surface area (Å²) in [6.45, 7) is 5.69. The van der Waals surface area contributed by atoms with Gasteiger partial charge in [-0.2, -0.15) is 0 Å². The second-order valence-corrected chi connectivity index (χ2v) is 4.59. The van der Waals surface area contributed by atoms with Crippen molar-refractivity contribution in [2.24, 2.45) is 17.1 Å². The number of carboxylic acid groups (broad SMARTS) is 1. The molecule has 1 saturated carbocycles. The molecule has 1 rings (SSSR count). The normalized spacial score (nSPS) is 20.9. The molecule has 1 aliphatic rings. The smallest absolute Gasteiger partial charge is 0.321 e. The minimum absolute atomic E-state index is 0.365. The maximum atomic E-state index is 10.4. The van der Waals surface area contributed by atoms with Crippen molar-refractivity contribution >= 4 is 5.97 Å². The summed E-state index contributed by atoms with van der Waals surface area (Å²) in [5.41, 5.74) is 5.80. The zero-order chi connectivity index (χ0) is 10.8. The molecule has 0 spiro atoms. The fraction of sp³-hybridized carbons (Fsp3) is 0.900. The Morgan fingerprint density at radius 2 is 2.14 bits per heavy atom. The van der Waals surface area contributed by atoms with Crippen LogP contribution in [0.3, 0.4) is 0 Å². The lowest BCUT2D eigenvalue weighted by atomic mass is 9.92. The summed E-state index contributed by atoms with van der Waals surface area (Å²) < 4.78 is 0. The molecule has 0 amide bonds. The van der Waals surface area contributed by atoms with Gasteiger partial charge in [0.25, 0.3) is 0 Å². The highest BCUT2D eigenvalue weighted by molar-refractivity contribution is 5.73. The molecular formula is C10H20N2O2. The van der Waals surface area contributed by atoms with E-state index in [-0.39, 0.29) is 0 Å². The van der Waals surface area contributed by atoms with Gasteiger partial charge in [0.2, 0.25) is 0 Å². The van der Waals surface area contributed by atoms with E-state index in [9.17, 15) is 4.79 Å². The van der Waals surface area contributed by atoms with Gasteiger partial charge in [0.15, 0.2) is 0 Å². The molecule has 0 aromatic heterocycles. The molecule has 4 N–H and O–H groups in total. The van der Waals surface area contributed by atoms with Gasteiger partial charge in [-0.25, -0.2) is 0 Å². The summed E-state index contributed by atoms with van der Waals surface area (Å²) >= 11 is 0. The molecule has 0 heterocycles. The lowest BCUT2D eigenvalue weighted by Crippen LogP contribution is -2.42. The van der Waals surface area contributed by atoms with Crippen LogP contribution in [0.2, 0.25) is 0 Å². The number of carbonyl (C=O) groups is 1. The Morgan fingerprint density at radius 3 is 2.50 bits per heavy atom. The molecule has 0 bridgehead atoms. The maximum Gasteiger partial charge on any atom is 0.321 e. The van der Waals surface area contributed by atoms with Crippen LogP contribution in [0.5, 0.6) is 0 Å². The maximum absolute atomic E-state index is 10.4. The Kier molecular flexibility index (Phi) is 3.50. The van der Waals surface area contributed by atoms with Gasteiger partial charge in [-0.3, -0.25) is 4.79 Å². The zero-order valence-electron chi connectivity index (χ0n) is 8.92. The number of hydrogen-bond acceptors (Lipinski definition) is 3. The lowest BCUT2D eigenvalue weighted by molar-refractivity contribution is -0.138. The predicted molar refractivity (Wildman–Crippen MR) is 55.0 cm³/mol. The molecule has 1 aliphatic carbocycles. The molecule has 4 nitrogen and oxygen atoms in total. The number of aliphatic carboxylic acids is 1. The topological polar surface area (TPSA) is 75.3 Å². The van der Waals surface area contributed by atoms with Crippen molar-refractivity contribution in [2.45, 2.75) is 32.7 Å². The van der Waals surface area contributed by atoms with E-state index in [4.69, 9.17) is 10.8 Å². The Labute approximate surface area is 84.9 Å². The third-order valence-electron chi connectivity index (χ3n) is 3.28. The van der Waals surface area contributed by atoms with E-state index < -0.39 is 12.0 Å². The molecule has 0 aliphatic heterocycles. The van der Waals surface area contributed by atoms with Crippen LogP contribution in [0.4, 0.5) is 0 Å². The van der Waals surface area contributed by atoms with E-state index in [1.165, 1.54) is 12.8 Å². The standard InChI is InChI=1S/C10H20N2O2/c1-7(2)10(3-4-10)6-12-5-8(11)9(13)14/h7-8,12H,3-6,11H2,1-2H3,(H,13,14). The largest absolute Gasteiger partial charge is 0.480 e. The fourth-order valence-electron chi connectivity index (χ4n) is 1.68. The van der Waals surface area contributed by atoms with Crippen LogP contribution >= 0.6 is 0 Å². The Balaban J connectivity index is 2.19. The van der Waals surface area contributed by atoms with Crippen LogP contribution < -0.4 is 11.1 Å². The number of rotatable bonds is 6. The zero-order valence-corrected chi connectivity index (χ0v) is 8.92. The van der Waals surface area contributed by atoms with E-state index in [1.807, 2.05) is 0 Å². The van der Waals surface area contributed by atoms with Gasteiger partial charge in [-0.1, -0.05) is 13.8 Å². The summed E-state index contributed by atoms with van der Waals surface area (Å²) in [4.78, 5) is 10.4. The third kappa shape index (κ3) is 2.69. The molecule has 1 atom stereocenters. The van der Waals surface area contributed by atoms with Crippen molar-refractivity contribution < 1.29 is 9.90 Å². The average molecular weight is 200 g/mol. The molecule has 0 aromatic rings. The summed E-state index contributed by atoms with van der Waals surface area (Å²) in [7, 11) is 0. The minimum Gasteiger partial charge on any atom is -0.480 e. The van der Waals surface area contributed by atoms with Gasteiger partial charge in [-0.05, 0) is 24.2 Å². The van der Waals surface area contributed by atoms with Crippen LogP contribution in [0.25, 0.3) is 0 Å². The third-order valence-corrected chi connectivity index (χ3v) is 3.28. The van der Waals surface area contributed by atoms with Gasteiger partial charge in [-0.15, -0.1) is 0 Å². The van der Waals surface area contributed by atoms with Crippen LogP contribution in [0.15, 0.2) is 0 Å². The second kappa shape index (κ2) is 4.28. The highest BCUT2D eigenvalue weighted by atomic mass is 16.4. The van der Waals surface area contributed by atoms with Gasteiger partial charge >= 0.3 is 5.97 Å². The van der Waals surface area contributed by atoms with E-state index in [1.54, 1.807) is 0 Å². The van der Waals surface area contributed by atoms with Crippen molar-refractivity contribution in [1.29, 1.82) is 0 Å². The van der Waals surface area contributed by atoms with Crippen LogP contribution in [-0.4, -0.2) is 30.2 Å². The summed E-state index contributed by atoms with van der Waals surface area (Å²) in [6.07, 6.45) is 2.50. The molecule has 14 heavy (non-hydrogen) atoms. The predicted octanol–water partition coefficient (Wildman–Crippen LogP) is 0.424. The average Bonchev–Trinajstić information content (AvgIpc) is 2.85. The molecular weight excluding hydrogens is 180 g/mol. The molecule has 0 aromatic carbocycles. The Morgan fingerprint density at radius 1 is 1.57 bits per heavy atom. The quantitative estimate of drug-likeness (QED) is 0.581. The molecule has 1 fully saturated rings. The fourth-order valence-corrected chi connectivity index (χ4v) is 1.68. The second-order valence-electron chi connectivity index (χ2n) is 4.59. The number of carboxylic acids is 1. The molecule has 0 radical (unpaired) electrons. The highest BCUT2D eigenvalue weighted by Crippen LogP contribution is 2.51. The van der Waals surface area contributed by atoms with Crippen molar-refractivity contribution in [3.8, 4) is 0 Å². The molecule has 1 unspecified atom stereocenters. The first-order valence-electron chi connectivity index (χ1n) is 5.17. The highest BCUT2D eigenvalue weighted by Gasteiger charge is 2.44. The van der Waals surface area contributed by atoms with E-state index in [0.717, 1.165) is 6.54 Å². The summed E-state index contributed by atoms with van der Waals surface area (Å²) in [5, 5.41) is 11.7. The van der Waals surface area contributed by atoms with Crippen LogP contribution in [0, 0.1) is 11.3 Å². The molecule has 0 saturated heterocycles. The van der Waals surface area contributed by atoms with E-state index in [0.29, 0.717) is 17.9 Å². The first-order chi connectivity index (χ1) is 6.48. The van der Waals surface area contributed by atoms with Crippen molar-refractivity contribution in [1.82, 2.24) is 5.32 Å². The number of hydrogen-bond donors (Lipinski definition) is 3. The Bertz CT molecular complexity index is 212. The molecule has 4 heteroatoms. The first kappa shape index (κ1) is 11.5. The van der Waals surface area contributed by atoms with Gasteiger partial charge in [0, 0.05) is 13.1 Å². The SMILES string of the molecule is CC(C)C1(CNCC(N)C(=O)O)CC1. The van der Waals surface area contributed by atoms with E-state index >= 15 is 0 Å². The summed E-state index contributed by atoms with van der Waals surface area (Å²) in [5.74, 6) is -0.275. The van der Waals surface area contributed by atoms with Gasteiger partial charge in [0.05, 0.1) is 0 Å². The lowest BCUT2D eigenvalue weighted by Gasteiger charge is -2.20. The Hall–Kier alpha value is -0.610. The van der Waals surface area contributed by atoms with Gasteiger partial charge < -0.3 is 16.2 Å². The first-order valence-corrected chi connectivity index (χ1v) is 5.17. The van der Waals surface area contributed by atoms with Crippen molar-refractivity contribution in [3.63, 3.8) is 0 Å². The monoisotopic (exact) mass is 200 g/mol. The molecule has 82 valence electrons. The van der Waals surface area contributed by atoms with Gasteiger partial charge in [0.1, 0.15) is 6.04 Å². The van der Waals surface area contributed by atoms with Crippen molar-refractivity contribution in [3.05, 3.63) is 0 Å². The number of nitrogens with one attached hydrogen (secondary N) is 1. The van der Waals surface area contributed by atoms with Crippen molar-refractivity contribution in [2.75, 3.05) is 13.1 Å². The minimum atomic E-state index is -0.938. The summed E-state index contributed by atoms with van der Waals surface area (Å²) in [6, 6.07) is -0.780. The van der Waals surface area contributed by atoms with Crippen LogP contribution in [-0.2, 0) is 4.79 Å². The van der Waals surface area contributed by atoms with Crippen LogP contribution in [0.1, 0.15) is 26.7 Å². The number of nitrogens with two attached hydrogens (primary N) is 1.